The predicted molar refractivity (Wildman–Crippen MR) is 217 cm³/mol. The first-order chi connectivity index (χ1) is 26.6. The quantitative estimate of drug-likeness (QED) is 0.0705. The second-order valence-corrected chi connectivity index (χ2v) is 13.7. The molecule has 0 saturated heterocycles. The number of methoxy groups -OCH3 is 3. The van der Waals surface area contributed by atoms with E-state index < -0.39 is 6.03 Å². The van der Waals surface area contributed by atoms with Crippen LogP contribution in [0.2, 0.25) is 0 Å². The molecule has 12 nitrogen and oxygen atoms in total. The molecule has 0 aliphatic rings. The van der Waals surface area contributed by atoms with Gasteiger partial charge in [-0.2, -0.15) is 0 Å². The Morgan fingerprint density at radius 2 is 1.38 bits per heavy atom. The predicted octanol–water partition coefficient (Wildman–Crippen LogP) is 8.68. The lowest BCUT2D eigenvalue weighted by atomic mass is 9.86. The van der Waals surface area contributed by atoms with Gasteiger partial charge in [-0.05, 0) is 59.0 Å². The van der Waals surface area contributed by atoms with Gasteiger partial charge in [-0.1, -0.05) is 45.0 Å². The van der Waals surface area contributed by atoms with Crippen molar-refractivity contribution in [1.29, 1.82) is 0 Å². The van der Waals surface area contributed by atoms with Crippen molar-refractivity contribution in [2.45, 2.75) is 32.6 Å². The summed E-state index contributed by atoms with van der Waals surface area (Å²) in [5.41, 5.74) is 4.66. The van der Waals surface area contributed by atoms with Gasteiger partial charge in [-0.25, -0.2) is 4.79 Å². The van der Waals surface area contributed by atoms with Crippen LogP contribution in [-0.4, -0.2) is 79.0 Å². The zero-order chi connectivity index (χ0) is 39.2. The van der Waals surface area contributed by atoms with E-state index in [1.54, 1.807) is 27.5 Å². The number of amides is 2. The van der Waals surface area contributed by atoms with E-state index in [9.17, 15) is 4.79 Å². The fourth-order valence-corrected chi connectivity index (χ4v) is 5.87. The van der Waals surface area contributed by atoms with Crippen LogP contribution in [-0.2, 0) is 26.0 Å². The zero-order valence-corrected chi connectivity index (χ0v) is 32.7. The molecule has 3 N–H and O–H groups in total. The lowest BCUT2D eigenvalue weighted by molar-refractivity contribution is 0.0179. The second-order valence-electron chi connectivity index (χ2n) is 13.7. The molecule has 0 aliphatic carbocycles. The highest BCUT2D eigenvalue weighted by Gasteiger charge is 2.21. The molecule has 0 radical (unpaired) electrons. The molecular formula is C43H52N4O8. The van der Waals surface area contributed by atoms with Gasteiger partial charge in [0, 0.05) is 55.4 Å². The van der Waals surface area contributed by atoms with Crippen molar-refractivity contribution in [2.75, 3.05) is 84.0 Å². The maximum atomic E-state index is 13.4. The molecule has 5 aromatic rings. The fraction of sp³-hybridized carbons (Fsp3) is 0.349. The smallest absolute Gasteiger partial charge is 0.323 e. The lowest BCUT2D eigenvalue weighted by Gasteiger charge is -2.23. The number of hydrogen-bond donors (Lipinski definition) is 3. The molecule has 0 aliphatic heterocycles. The van der Waals surface area contributed by atoms with Crippen molar-refractivity contribution in [1.82, 2.24) is 4.98 Å². The van der Waals surface area contributed by atoms with Crippen molar-refractivity contribution >= 4 is 33.9 Å². The molecule has 4 aromatic carbocycles. The Labute approximate surface area is 323 Å². The van der Waals surface area contributed by atoms with E-state index in [-0.39, 0.29) is 5.41 Å². The molecule has 2 amide bonds. The topological polar surface area (TPSA) is 131 Å². The molecule has 0 unspecified atom stereocenters. The van der Waals surface area contributed by atoms with Crippen molar-refractivity contribution in [3.63, 3.8) is 0 Å². The molecule has 0 bridgehead atoms. The van der Waals surface area contributed by atoms with Crippen LogP contribution in [0.15, 0.2) is 85.1 Å². The third-order valence-electron chi connectivity index (χ3n) is 8.69. The van der Waals surface area contributed by atoms with Crippen molar-refractivity contribution in [3.8, 4) is 28.7 Å². The summed E-state index contributed by atoms with van der Waals surface area (Å²) >= 11 is 0. The molecule has 0 atom stereocenters. The number of carbonyl (C=O) groups excluding carboxylic acids is 1. The molecule has 292 valence electrons. The van der Waals surface area contributed by atoms with E-state index in [0.717, 1.165) is 33.3 Å². The van der Waals surface area contributed by atoms with Gasteiger partial charge < -0.3 is 49.1 Å². The first-order valence-corrected chi connectivity index (χ1v) is 18.2. The highest BCUT2D eigenvalue weighted by Crippen LogP contribution is 2.39. The number of nitrogens with one attached hydrogen (secondary N) is 3. The van der Waals surface area contributed by atoms with Crippen LogP contribution in [0.3, 0.4) is 0 Å². The standard InChI is InChI=1S/C43H52N4O8/c1-43(2,3)30-25-38(44-4)41(51-7)39(26-30)47-42(48)46-37-12-13-40(36-11-9-8-10-35(36)37)55-32-14-15-45-31(27-32)22-29-23-33(50-6)28-34(24-29)54-21-20-53-19-18-52-17-16-49-5/h8-15,23-28,44H,16-22H2,1-7H3,(H2,46,47,48). The van der Waals surface area contributed by atoms with Crippen LogP contribution in [0.5, 0.6) is 28.7 Å². The number of urea groups is 1. The highest BCUT2D eigenvalue weighted by molar-refractivity contribution is 6.08. The molecule has 0 spiro atoms. The van der Waals surface area contributed by atoms with Gasteiger partial charge in [0.15, 0.2) is 5.75 Å². The van der Waals surface area contributed by atoms with E-state index in [1.165, 1.54) is 0 Å². The maximum Gasteiger partial charge on any atom is 0.323 e. The Hall–Kier alpha value is -5.56. The highest BCUT2D eigenvalue weighted by atomic mass is 16.6. The van der Waals surface area contributed by atoms with Crippen LogP contribution in [0.4, 0.5) is 21.9 Å². The van der Waals surface area contributed by atoms with Gasteiger partial charge in [0.25, 0.3) is 0 Å². The summed E-state index contributed by atoms with van der Waals surface area (Å²) in [5, 5.41) is 10.9. The minimum absolute atomic E-state index is 0.142. The van der Waals surface area contributed by atoms with Crippen LogP contribution in [0, 0.1) is 0 Å². The van der Waals surface area contributed by atoms with E-state index in [1.807, 2.05) is 85.9 Å². The fourth-order valence-electron chi connectivity index (χ4n) is 5.87. The molecule has 0 saturated carbocycles. The first kappa shape index (κ1) is 40.6. The summed E-state index contributed by atoms with van der Waals surface area (Å²) in [7, 11) is 6.68. The van der Waals surface area contributed by atoms with Gasteiger partial charge in [-0.15, -0.1) is 0 Å². The Balaban J connectivity index is 1.26. The second kappa shape index (κ2) is 19.7. The SMILES string of the molecule is CNc1cc(C(C)(C)C)cc(NC(=O)Nc2ccc(Oc3ccnc(Cc4cc(OC)cc(OCCOCCOCCOC)c4)c3)c3ccccc23)c1OC. The summed E-state index contributed by atoms with van der Waals surface area (Å²) < 4.78 is 39.6. The van der Waals surface area contributed by atoms with Crippen LogP contribution in [0.25, 0.3) is 10.8 Å². The minimum Gasteiger partial charge on any atom is -0.497 e. The number of carbonyl (C=O) groups is 1. The number of nitrogens with zero attached hydrogens (tertiary/aromatic N) is 1. The molecule has 5 rings (SSSR count). The van der Waals surface area contributed by atoms with E-state index >= 15 is 0 Å². The van der Waals surface area contributed by atoms with Gasteiger partial charge in [0.05, 0.1) is 64.3 Å². The number of fused-ring (bicyclic) bond motifs is 1. The van der Waals surface area contributed by atoms with Gasteiger partial charge in [-0.3, -0.25) is 4.98 Å². The summed E-state index contributed by atoms with van der Waals surface area (Å²) in [6.07, 6.45) is 2.25. The molecule has 1 heterocycles. The van der Waals surface area contributed by atoms with Gasteiger partial charge in [0.2, 0.25) is 0 Å². The normalized spacial score (nSPS) is 11.3. The van der Waals surface area contributed by atoms with E-state index in [2.05, 4.69) is 41.7 Å². The molecule has 0 fully saturated rings. The molecular weight excluding hydrogens is 700 g/mol. The Kier molecular flexibility index (Phi) is 14.5. The molecule has 12 heteroatoms. The van der Waals surface area contributed by atoms with E-state index in [0.29, 0.717) is 86.2 Å². The number of hydrogen-bond acceptors (Lipinski definition) is 10. The number of rotatable bonds is 19. The van der Waals surface area contributed by atoms with Crippen LogP contribution < -0.4 is 34.9 Å². The van der Waals surface area contributed by atoms with Crippen LogP contribution >= 0.6 is 0 Å². The summed E-state index contributed by atoms with van der Waals surface area (Å²) in [6, 6.07) is 24.5. The Morgan fingerprint density at radius 1 is 0.691 bits per heavy atom. The zero-order valence-electron chi connectivity index (χ0n) is 32.7. The summed E-state index contributed by atoms with van der Waals surface area (Å²) in [5.74, 6) is 3.17. The first-order valence-electron chi connectivity index (χ1n) is 18.2. The maximum absolute atomic E-state index is 13.4. The van der Waals surface area contributed by atoms with Gasteiger partial charge in [0.1, 0.15) is 29.6 Å². The van der Waals surface area contributed by atoms with Crippen molar-refractivity contribution < 1.29 is 38.0 Å². The molecule has 1 aromatic heterocycles. The third kappa shape index (κ3) is 11.5. The average molecular weight is 753 g/mol. The van der Waals surface area contributed by atoms with Gasteiger partial charge >= 0.3 is 6.03 Å². The minimum atomic E-state index is -0.400. The number of anilines is 3. The largest absolute Gasteiger partial charge is 0.497 e. The molecule has 55 heavy (non-hydrogen) atoms. The number of aromatic nitrogens is 1. The Morgan fingerprint density at radius 3 is 2.09 bits per heavy atom. The van der Waals surface area contributed by atoms with Crippen molar-refractivity contribution in [2.24, 2.45) is 0 Å². The van der Waals surface area contributed by atoms with Crippen LogP contribution in [0.1, 0.15) is 37.6 Å². The monoisotopic (exact) mass is 752 g/mol. The summed E-state index contributed by atoms with van der Waals surface area (Å²) in [6.45, 7) is 9.27. The van der Waals surface area contributed by atoms with Crippen molar-refractivity contribution in [3.05, 3.63) is 102 Å². The average Bonchev–Trinajstić information content (AvgIpc) is 3.17. The third-order valence-corrected chi connectivity index (χ3v) is 8.69. The number of pyridine rings is 1. The Bertz CT molecular complexity index is 2030. The number of ether oxygens (including phenoxy) is 7. The van der Waals surface area contributed by atoms with E-state index in [4.69, 9.17) is 33.2 Å². The number of benzene rings is 4. The lowest BCUT2D eigenvalue weighted by Crippen LogP contribution is -2.21. The summed E-state index contributed by atoms with van der Waals surface area (Å²) in [4.78, 5) is 18.0.